The van der Waals surface area contributed by atoms with E-state index in [0.717, 1.165) is 17.7 Å². The fourth-order valence-electron chi connectivity index (χ4n) is 4.92. The van der Waals surface area contributed by atoms with Gasteiger partial charge in [-0.2, -0.15) is 13.2 Å². The van der Waals surface area contributed by atoms with Gasteiger partial charge in [0, 0.05) is 42.3 Å². The maximum atomic E-state index is 13.3. The van der Waals surface area contributed by atoms with Crippen LogP contribution in [-0.2, 0) is 25.9 Å². The predicted molar refractivity (Wildman–Crippen MR) is 124 cm³/mol. The summed E-state index contributed by atoms with van der Waals surface area (Å²) >= 11 is 0. The maximum absolute atomic E-state index is 13.3. The molecule has 1 spiro atoms. The van der Waals surface area contributed by atoms with Crippen molar-refractivity contribution in [1.82, 2.24) is 0 Å². The number of amides is 2. The van der Waals surface area contributed by atoms with Crippen molar-refractivity contribution in [2.24, 2.45) is 0 Å². The van der Waals surface area contributed by atoms with Crippen LogP contribution in [0.15, 0.2) is 42.5 Å². The molecule has 0 aliphatic carbocycles. The molecule has 3 aliphatic rings. The summed E-state index contributed by atoms with van der Waals surface area (Å²) in [7, 11) is 0. The summed E-state index contributed by atoms with van der Waals surface area (Å²) in [4.78, 5) is 25.2. The predicted octanol–water partition coefficient (Wildman–Crippen LogP) is 5.29. The Kier molecular flexibility index (Phi) is 5.43. The number of rotatable bonds is 2. The van der Waals surface area contributed by atoms with Gasteiger partial charge in [0.1, 0.15) is 11.4 Å². The number of anilines is 2. The molecule has 5 rings (SSSR count). The van der Waals surface area contributed by atoms with Gasteiger partial charge in [0.25, 0.3) is 0 Å². The van der Waals surface area contributed by atoms with Crippen molar-refractivity contribution >= 4 is 28.8 Å². The van der Waals surface area contributed by atoms with Gasteiger partial charge in [-0.05, 0) is 49.2 Å². The molecule has 6 nitrogen and oxygen atoms in total. The van der Waals surface area contributed by atoms with Crippen LogP contribution in [0.25, 0.3) is 5.57 Å². The molecule has 2 N–H and O–H groups in total. The van der Waals surface area contributed by atoms with Crippen LogP contribution in [-0.4, -0.2) is 30.6 Å². The quantitative estimate of drug-likeness (QED) is 0.566. The summed E-state index contributed by atoms with van der Waals surface area (Å²) in [6.07, 6.45) is -1.67. The molecule has 2 aromatic carbocycles. The van der Waals surface area contributed by atoms with Crippen molar-refractivity contribution < 1.29 is 32.2 Å². The number of ether oxygens (including phenoxy) is 2. The maximum Gasteiger partial charge on any atom is 0.416 e. The van der Waals surface area contributed by atoms with E-state index in [1.165, 1.54) is 12.1 Å². The van der Waals surface area contributed by atoms with Gasteiger partial charge in [-0.15, -0.1) is 0 Å². The van der Waals surface area contributed by atoms with Crippen LogP contribution < -0.4 is 15.4 Å². The Hall–Kier alpha value is -3.33. The lowest BCUT2D eigenvalue weighted by atomic mass is 9.81. The molecule has 0 atom stereocenters. The third-order valence-electron chi connectivity index (χ3n) is 6.98. The van der Waals surface area contributed by atoms with Crippen molar-refractivity contribution in [1.29, 1.82) is 0 Å². The van der Waals surface area contributed by atoms with E-state index in [0.29, 0.717) is 55.0 Å². The average molecular weight is 486 g/mol. The van der Waals surface area contributed by atoms with Crippen LogP contribution in [0.4, 0.5) is 24.5 Å². The van der Waals surface area contributed by atoms with E-state index in [4.69, 9.17) is 9.47 Å². The molecule has 1 saturated heterocycles. The minimum atomic E-state index is -4.50. The number of hydrogen-bond donors (Lipinski definition) is 2. The van der Waals surface area contributed by atoms with E-state index in [2.05, 4.69) is 10.6 Å². The summed E-state index contributed by atoms with van der Waals surface area (Å²) in [5.74, 6) is -0.412. The lowest BCUT2D eigenvalue weighted by Crippen LogP contribution is -2.44. The van der Waals surface area contributed by atoms with Gasteiger partial charge < -0.3 is 20.1 Å². The standard InChI is InChI=1S/C26H25F3N2O4/c1-24(2)19-6-4-17(13-20(19)31-23(24)33)30-22(32)11-15-14-25(7-9-34-10-8-25)35-21-12-16(26(27,28)29)3-5-18(15)21/h3-6,11-13H,7-10,14H2,1-2H3,(H,30,32)(H,31,33)/b15-11+. The molecule has 3 heterocycles. The normalized spacial score (nSPS) is 21.2. The summed E-state index contributed by atoms with van der Waals surface area (Å²) < 4.78 is 51.5. The Balaban J connectivity index is 1.45. The number of carbonyl (C=O) groups excluding carboxylic acids is 2. The number of hydrogen-bond acceptors (Lipinski definition) is 4. The average Bonchev–Trinajstić information content (AvgIpc) is 3.00. The highest BCUT2D eigenvalue weighted by Crippen LogP contribution is 2.46. The fraction of sp³-hybridized carbons (Fsp3) is 0.385. The molecule has 9 heteroatoms. The molecule has 0 radical (unpaired) electrons. The van der Waals surface area contributed by atoms with Gasteiger partial charge >= 0.3 is 6.18 Å². The first kappa shape index (κ1) is 23.4. The lowest BCUT2D eigenvalue weighted by Gasteiger charge is -2.42. The number of benzene rings is 2. The fourth-order valence-corrected chi connectivity index (χ4v) is 4.92. The largest absolute Gasteiger partial charge is 0.486 e. The van der Waals surface area contributed by atoms with Crippen LogP contribution in [0.1, 0.15) is 49.8 Å². The highest BCUT2D eigenvalue weighted by Gasteiger charge is 2.42. The second-order valence-corrected chi connectivity index (χ2v) is 9.78. The Morgan fingerprint density at radius 3 is 2.57 bits per heavy atom. The van der Waals surface area contributed by atoms with E-state index in [9.17, 15) is 22.8 Å². The molecule has 0 saturated carbocycles. The first-order valence-electron chi connectivity index (χ1n) is 11.4. The van der Waals surface area contributed by atoms with Crippen molar-refractivity contribution in [3.8, 4) is 5.75 Å². The SMILES string of the molecule is CC1(C)C(=O)Nc2cc(NC(=O)/C=C3\CC4(CCOCC4)Oc4cc(C(F)(F)F)ccc43)ccc21. The Labute approximate surface area is 200 Å². The molecule has 2 amide bonds. The summed E-state index contributed by atoms with van der Waals surface area (Å²) in [6.45, 7) is 4.53. The Bertz CT molecular complexity index is 1240. The zero-order valence-electron chi connectivity index (χ0n) is 19.3. The smallest absolute Gasteiger partial charge is 0.416 e. The zero-order valence-corrected chi connectivity index (χ0v) is 19.3. The number of nitrogens with one attached hydrogen (secondary N) is 2. The molecule has 0 bridgehead atoms. The van der Waals surface area contributed by atoms with Crippen molar-refractivity contribution in [2.45, 2.75) is 50.3 Å². The van der Waals surface area contributed by atoms with Crippen LogP contribution in [0.3, 0.4) is 0 Å². The van der Waals surface area contributed by atoms with E-state index < -0.39 is 28.7 Å². The molecule has 3 aliphatic heterocycles. The number of fused-ring (bicyclic) bond motifs is 2. The summed E-state index contributed by atoms with van der Waals surface area (Å²) in [5, 5.41) is 5.63. The van der Waals surface area contributed by atoms with Crippen LogP contribution in [0.5, 0.6) is 5.75 Å². The van der Waals surface area contributed by atoms with Gasteiger partial charge in [0.15, 0.2) is 0 Å². The number of carbonyl (C=O) groups is 2. The molecular formula is C26H25F3N2O4. The van der Waals surface area contributed by atoms with Crippen molar-refractivity contribution in [2.75, 3.05) is 23.8 Å². The van der Waals surface area contributed by atoms with Gasteiger partial charge in [-0.1, -0.05) is 12.1 Å². The molecule has 0 aromatic heterocycles. The minimum absolute atomic E-state index is 0.114. The van der Waals surface area contributed by atoms with Crippen LogP contribution in [0, 0.1) is 0 Å². The first-order valence-corrected chi connectivity index (χ1v) is 11.4. The molecule has 184 valence electrons. The van der Waals surface area contributed by atoms with Gasteiger partial charge in [0.05, 0.1) is 24.2 Å². The van der Waals surface area contributed by atoms with Crippen molar-refractivity contribution in [3.05, 3.63) is 59.2 Å². The zero-order chi connectivity index (χ0) is 25.0. The Morgan fingerprint density at radius 2 is 1.86 bits per heavy atom. The molecular weight excluding hydrogens is 461 g/mol. The van der Waals surface area contributed by atoms with Crippen LogP contribution in [0.2, 0.25) is 0 Å². The number of halogens is 3. The lowest BCUT2D eigenvalue weighted by molar-refractivity contribution is -0.138. The van der Waals surface area contributed by atoms with E-state index in [1.807, 2.05) is 13.8 Å². The topological polar surface area (TPSA) is 76.7 Å². The summed E-state index contributed by atoms with van der Waals surface area (Å²) in [6, 6.07) is 8.59. The van der Waals surface area contributed by atoms with Gasteiger partial charge in [-0.25, -0.2) is 0 Å². The summed E-state index contributed by atoms with van der Waals surface area (Å²) in [5.41, 5.74) is 0.894. The van der Waals surface area contributed by atoms with Gasteiger partial charge in [0.2, 0.25) is 11.8 Å². The first-order chi connectivity index (χ1) is 16.5. The highest BCUT2D eigenvalue weighted by molar-refractivity contribution is 6.08. The second kappa shape index (κ2) is 8.12. The van der Waals surface area contributed by atoms with E-state index in [-0.39, 0.29) is 11.7 Å². The van der Waals surface area contributed by atoms with Crippen LogP contribution >= 0.6 is 0 Å². The third-order valence-corrected chi connectivity index (χ3v) is 6.98. The van der Waals surface area contributed by atoms with Gasteiger partial charge in [-0.3, -0.25) is 9.59 Å². The van der Waals surface area contributed by atoms with E-state index in [1.54, 1.807) is 18.2 Å². The molecule has 1 fully saturated rings. The second-order valence-electron chi connectivity index (χ2n) is 9.78. The molecule has 0 unspecified atom stereocenters. The molecule has 2 aromatic rings. The monoisotopic (exact) mass is 486 g/mol. The minimum Gasteiger partial charge on any atom is -0.486 e. The van der Waals surface area contributed by atoms with E-state index >= 15 is 0 Å². The third kappa shape index (κ3) is 4.29. The highest BCUT2D eigenvalue weighted by atomic mass is 19.4. The Morgan fingerprint density at radius 1 is 1.11 bits per heavy atom. The molecule has 35 heavy (non-hydrogen) atoms. The van der Waals surface area contributed by atoms with Crippen molar-refractivity contribution in [3.63, 3.8) is 0 Å². The number of alkyl halides is 3.